The summed E-state index contributed by atoms with van der Waals surface area (Å²) in [5.74, 6) is 2.10. The molecule has 1 aliphatic rings. The second-order valence-corrected chi connectivity index (χ2v) is 4.19. The van der Waals surface area contributed by atoms with Crippen LogP contribution < -0.4 is 4.74 Å². The first-order chi connectivity index (χ1) is 7.24. The second kappa shape index (κ2) is 4.05. The summed E-state index contributed by atoms with van der Waals surface area (Å²) < 4.78 is 5.36. The molecule has 1 heterocycles. The van der Waals surface area contributed by atoms with Crippen molar-refractivity contribution in [3.05, 3.63) is 29.8 Å². The van der Waals surface area contributed by atoms with Crippen LogP contribution in [0.25, 0.3) is 0 Å². The monoisotopic (exact) mass is 203 g/mol. The van der Waals surface area contributed by atoms with E-state index in [1.54, 1.807) is 7.11 Å². The standard InChI is InChI=1S/C13H17NO/c1-9-8-14-13(10(9)2)11-6-4-5-7-12(11)15-3/h4-7,9-10H,8H2,1-3H3. The number of hydrogen-bond donors (Lipinski definition) is 0. The SMILES string of the molecule is COc1ccccc1C1=NCC(C)C1C. The van der Waals surface area contributed by atoms with Crippen LogP contribution >= 0.6 is 0 Å². The Morgan fingerprint density at radius 1 is 1.27 bits per heavy atom. The first kappa shape index (κ1) is 10.2. The lowest BCUT2D eigenvalue weighted by atomic mass is 9.90. The maximum atomic E-state index is 5.36. The number of rotatable bonds is 2. The van der Waals surface area contributed by atoms with Gasteiger partial charge >= 0.3 is 0 Å². The Morgan fingerprint density at radius 2 is 2.00 bits per heavy atom. The number of hydrogen-bond acceptors (Lipinski definition) is 2. The average Bonchev–Trinajstić information content (AvgIpc) is 2.60. The highest BCUT2D eigenvalue weighted by Gasteiger charge is 2.26. The molecule has 0 saturated carbocycles. The molecule has 2 nitrogen and oxygen atoms in total. The van der Waals surface area contributed by atoms with Gasteiger partial charge in [0.2, 0.25) is 0 Å². The molecule has 0 spiro atoms. The Hall–Kier alpha value is -1.31. The van der Waals surface area contributed by atoms with Crippen LogP contribution in [-0.4, -0.2) is 19.4 Å². The molecule has 15 heavy (non-hydrogen) atoms. The Labute approximate surface area is 91.0 Å². The summed E-state index contributed by atoms with van der Waals surface area (Å²) >= 11 is 0. The average molecular weight is 203 g/mol. The molecule has 0 N–H and O–H groups in total. The molecule has 2 heteroatoms. The fraction of sp³-hybridized carbons (Fsp3) is 0.462. The van der Waals surface area contributed by atoms with E-state index in [-0.39, 0.29) is 0 Å². The van der Waals surface area contributed by atoms with E-state index in [0.29, 0.717) is 11.8 Å². The van der Waals surface area contributed by atoms with Crippen molar-refractivity contribution in [2.75, 3.05) is 13.7 Å². The molecule has 1 aromatic rings. The highest BCUT2D eigenvalue weighted by molar-refractivity contribution is 6.05. The highest BCUT2D eigenvalue weighted by Crippen LogP contribution is 2.29. The van der Waals surface area contributed by atoms with Gasteiger partial charge in [-0.2, -0.15) is 0 Å². The first-order valence-electron chi connectivity index (χ1n) is 5.41. The van der Waals surface area contributed by atoms with Crippen molar-refractivity contribution in [1.29, 1.82) is 0 Å². The van der Waals surface area contributed by atoms with Gasteiger partial charge in [-0.25, -0.2) is 0 Å². The fourth-order valence-electron chi connectivity index (χ4n) is 2.00. The van der Waals surface area contributed by atoms with Gasteiger partial charge in [0.1, 0.15) is 5.75 Å². The van der Waals surface area contributed by atoms with Gasteiger partial charge in [-0.05, 0) is 18.1 Å². The number of para-hydroxylation sites is 1. The molecule has 2 rings (SSSR count). The van der Waals surface area contributed by atoms with Gasteiger partial charge in [0, 0.05) is 23.7 Å². The van der Waals surface area contributed by atoms with E-state index >= 15 is 0 Å². The Kier molecular flexibility index (Phi) is 2.76. The van der Waals surface area contributed by atoms with Crippen LogP contribution in [0.3, 0.4) is 0 Å². The van der Waals surface area contributed by atoms with Gasteiger partial charge in [0.15, 0.2) is 0 Å². The van der Waals surface area contributed by atoms with Gasteiger partial charge in [-0.3, -0.25) is 4.99 Å². The number of benzene rings is 1. The van der Waals surface area contributed by atoms with E-state index in [1.807, 2.05) is 18.2 Å². The normalized spacial score (nSPS) is 25.1. The van der Waals surface area contributed by atoms with Crippen LogP contribution in [0.1, 0.15) is 19.4 Å². The molecule has 0 bridgehead atoms. The lowest BCUT2D eigenvalue weighted by molar-refractivity contribution is 0.413. The predicted molar refractivity (Wildman–Crippen MR) is 62.7 cm³/mol. The van der Waals surface area contributed by atoms with Crippen molar-refractivity contribution in [3.8, 4) is 5.75 Å². The van der Waals surface area contributed by atoms with Gasteiger partial charge in [-0.15, -0.1) is 0 Å². The number of nitrogens with zero attached hydrogens (tertiary/aromatic N) is 1. The van der Waals surface area contributed by atoms with Crippen LogP contribution in [0.5, 0.6) is 5.75 Å². The lowest BCUT2D eigenvalue weighted by Gasteiger charge is -2.14. The molecule has 2 unspecified atom stereocenters. The molecule has 1 aliphatic heterocycles. The van der Waals surface area contributed by atoms with Crippen LogP contribution in [0, 0.1) is 11.8 Å². The molecule has 0 aromatic heterocycles. The summed E-state index contributed by atoms with van der Waals surface area (Å²) in [4.78, 5) is 4.61. The summed E-state index contributed by atoms with van der Waals surface area (Å²) in [6.07, 6.45) is 0. The minimum Gasteiger partial charge on any atom is -0.496 e. The van der Waals surface area contributed by atoms with Crippen molar-refractivity contribution in [1.82, 2.24) is 0 Å². The summed E-state index contributed by atoms with van der Waals surface area (Å²) in [6.45, 7) is 5.42. The fourth-order valence-corrected chi connectivity index (χ4v) is 2.00. The Bertz CT molecular complexity index is 384. The lowest BCUT2D eigenvalue weighted by Crippen LogP contribution is -2.14. The summed E-state index contributed by atoms with van der Waals surface area (Å²) in [6, 6.07) is 8.11. The smallest absolute Gasteiger partial charge is 0.127 e. The summed E-state index contributed by atoms with van der Waals surface area (Å²) in [5, 5.41) is 0. The zero-order valence-corrected chi connectivity index (χ0v) is 9.53. The largest absolute Gasteiger partial charge is 0.496 e. The molecule has 0 fully saturated rings. The zero-order chi connectivity index (χ0) is 10.8. The maximum absolute atomic E-state index is 5.36. The van der Waals surface area contributed by atoms with E-state index in [1.165, 1.54) is 5.71 Å². The molecule has 0 saturated heterocycles. The number of ether oxygens (including phenoxy) is 1. The van der Waals surface area contributed by atoms with Crippen LogP contribution in [-0.2, 0) is 0 Å². The third-order valence-corrected chi connectivity index (χ3v) is 3.22. The van der Waals surface area contributed by atoms with E-state index in [0.717, 1.165) is 17.9 Å². The van der Waals surface area contributed by atoms with Crippen molar-refractivity contribution >= 4 is 5.71 Å². The van der Waals surface area contributed by atoms with E-state index in [4.69, 9.17) is 4.74 Å². The third-order valence-electron chi connectivity index (χ3n) is 3.22. The van der Waals surface area contributed by atoms with Gasteiger partial charge in [-0.1, -0.05) is 26.0 Å². The van der Waals surface area contributed by atoms with Crippen molar-refractivity contribution in [2.24, 2.45) is 16.8 Å². The Morgan fingerprint density at radius 3 is 2.60 bits per heavy atom. The molecule has 0 amide bonds. The number of methoxy groups -OCH3 is 1. The molecule has 80 valence electrons. The quantitative estimate of drug-likeness (QED) is 0.724. The predicted octanol–water partition coefficient (Wildman–Crippen LogP) is 2.77. The van der Waals surface area contributed by atoms with Crippen LogP contribution in [0.2, 0.25) is 0 Å². The third kappa shape index (κ3) is 1.76. The topological polar surface area (TPSA) is 21.6 Å². The minimum atomic E-state index is 0.529. The van der Waals surface area contributed by atoms with E-state index in [2.05, 4.69) is 24.9 Å². The van der Waals surface area contributed by atoms with Gasteiger partial charge < -0.3 is 4.74 Å². The summed E-state index contributed by atoms with van der Waals surface area (Å²) in [5.41, 5.74) is 2.34. The van der Waals surface area contributed by atoms with Gasteiger partial charge in [0.25, 0.3) is 0 Å². The van der Waals surface area contributed by atoms with Crippen molar-refractivity contribution in [3.63, 3.8) is 0 Å². The molecule has 0 radical (unpaired) electrons. The van der Waals surface area contributed by atoms with E-state index < -0.39 is 0 Å². The van der Waals surface area contributed by atoms with Crippen molar-refractivity contribution in [2.45, 2.75) is 13.8 Å². The van der Waals surface area contributed by atoms with E-state index in [9.17, 15) is 0 Å². The first-order valence-corrected chi connectivity index (χ1v) is 5.41. The molecular weight excluding hydrogens is 186 g/mol. The maximum Gasteiger partial charge on any atom is 0.127 e. The van der Waals surface area contributed by atoms with Gasteiger partial charge in [0.05, 0.1) is 7.11 Å². The zero-order valence-electron chi connectivity index (χ0n) is 9.53. The molecule has 1 aromatic carbocycles. The molecule has 0 aliphatic carbocycles. The van der Waals surface area contributed by atoms with Crippen LogP contribution in [0.4, 0.5) is 0 Å². The highest BCUT2D eigenvalue weighted by atomic mass is 16.5. The molecular formula is C13H17NO. The van der Waals surface area contributed by atoms with Crippen LogP contribution in [0.15, 0.2) is 29.3 Å². The molecule has 2 atom stereocenters. The minimum absolute atomic E-state index is 0.529. The number of aliphatic imine (C=N–C) groups is 1. The second-order valence-electron chi connectivity index (χ2n) is 4.19. The van der Waals surface area contributed by atoms with Crippen molar-refractivity contribution < 1.29 is 4.74 Å². The summed E-state index contributed by atoms with van der Waals surface area (Å²) in [7, 11) is 1.71. The Balaban J connectivity index is 2.38.